The summed E-state index contributed by atoms with van der Waals surface area (Å²) in [5.74, 6) is 0.528. The Morgan fingerprint density at radius 3 is 2.62 bits per heavy atom. The van der Waals surface area contributed by atoms with Crippen molar-refractivity contribution < 1.29 is 9.13 Å². The molecule has 0 saturated carbocycles. The molecule has 90 valence electrons. The van der Waals surface area contributed by atoms with Crippen LogP contribution in [0.25, 0.3) is 0 Å². The molecule has 16 heavy (non-hydrogen) atoms. The predicted octanol–water partition coefficient (Wildman–Crippen LogP) is 2.76. The number of likely N-dealkylation sites (N-methyl/N-ethyl adjacent to an activating group) is 1. The van der Waals surface area contributed by atoms with E-state index in [0.29, 0.717) is 23.8 Å². The third-order valence-corrected chi connectivity index (χ3v) is 2.75. The van der Waals surface area contributed by atoms with Crippen molar-refractivity contribution in [3.05, 3.63) is 29.6 Å². The number of benzene rings is 1. The van der Waals surface area contributed by atoms with Gasteiger partial charge in [0.15, 0.2) is 11.6 Å². The molecule has 0 aliphatic carbocycles. The molecule has 0 radical (unpaired) electrons. The summed E-state index contributed by atoms with van der Waals surface area (Å²) in [7, 11) is 1.89. The molecule has 0 spiro atoms. The summed E-state index contributed by atoms with van der Waals surface area (Å²) in [6, 6.07) is 5.44. The molecular formula is C13H20FNO. The molecule has 1 rings (SSSR count). The van der Waals surface area contributed by atoms with Gasteiger partial charge in [0.1, 0.15) is 6.61 Å². The van der Waals surface area contributed by atoms with E-state index < -0.39 is 0 Å². The van der Waals surface area contributed by atoms with Crippen LogP contribution in [0.2, 0.25) is 0 Å². The van der Waals surface area contributed by atoms with E-state index in [9.17, 15) is 4.39 Å². The Hall–Kier alpha value is -1.09. The van der Waals surface area contributed by atoms with Crippen LogP contribution in [-0.2, 0) is 0 Å². The molecule has 3 heteroatoms. The summed E-state index contributed by atoms with van der Waals surface area (Å²) in [6.45, 7) is 6.43. The Balaban J connectivity index is 2.64. The zero-order chi connectivity index (χ0) is 12.1. The van der Waals surface area contributed by atoms with Crippen molar-refractivity contribution in [3.8, 4) is 5.75 Å². The highest BCUT2D eigenvalue weighted by atomic mass is 19.1. The summed E-state index contributed by atoms with van der Waals surface area (Å²) in [4.78, 5) is 0. The fraction of sp³-hybridized carbons (Fsp3) is 0.538. The van der Waals surface area contributed by atoms with E-state index in [-0.39, 0.29) is 11.9 Å². The third kappa shape index (κ3) is 3.20. The molecule has 0 bridgehead atoms. The van der Waals surface area contributed by atoms with Crippen LogP contribution in [-0.4, -0.2) is 19.7 Å². The average Bonchev–Trinajstić information content (AvgIpc) is 2.24. The molecule has 1 aromatic carbocycles. The zero-order valence-electron chi connectivity index (χ0n) is 10.4. The fourth-order valence-corrected chi connectivity index (χ4v) is 1.52. The fourth-order valence-electron chi connectivity index (χ4n) is 1.52. The monoisotopic (exact) mass is 225 g/mol. The molecule has 1 atom stereocenters. The molecule has 1 N–H and O–H groups in total. The first-order valence-corrected chi connectivity index (χ1v) is 5.61. The average molecular weight is 225 g/mol. The van der Waals surface area contributed by atoms with Gasteiger partial charge in [0.25, 0.3) is 0 Å². The largest absolute Gasteiger partial charge is 0.489 e. The van der Waals surface area contributed by atoms with Gasteiger partial charge < -0.3 is 10.1 Å². The highest BCUT2D eigenvalue weighted by Gasteiger charge is 2.13. The van der Waals surface area contributed by atoms with Crippen molar-refractivity contribution in [1.82, 2.24) is 5.32 Å². The Morgan fingerprint density at radius 2 is 2.06 bits per heavy atom. The van der Waals surface area contributed by atoms with Crippen molar-refractivity contribution >= 4 is 0 Å². The van der Waals surface area contributed by atoms with Crippen molar-refractivity contribution in [2.75, 3.05) is 13.7 Å². The first kappa shape index (κ1) is 13.0. The minimum Gasteiger partial charge on any atom is -0.489 e. The first-order valence-electron chi connectivity index (χ1n) is 5.61. The summed E-state index contributed by atoms with van der Waals surface area (Å²) in [5.41, 5.74) is 0.614. The van der Waals surface area contributed by atoms with Crippen molar-refractivity contribution in [2.45, 2.75) is 26.8 Å². The summed E-state index contributed by atoms with van der Waals surface area (Å²) >= 11 is 0. The molecule has 2 nitrogen and oxygen atoms in total. The molecule has 0 aromatic heterocycles. The lowest BCUT2D eigenvalue weighted by atomic mass is 10.1. The Labute approximate surface area is 96.8 Å². The van der Waals surface area contributed by atoms with Gasteiger partial charge in [-0.2, -0.15) is 0 Å². The quantitative estimate of drug-likeness (QED) is 0.832. The molecule has 0 saturated heterocycles. The lowest BCUT2D eigenvalue weighted by Gasteiger charge is -2.20. The van der Waals surface area contributed by atoms with Crippen molar-refractivity contribution in [2.24, 2.45) is 5.92 Å². The standard InChI is InChI=1S/C13H20FNO/c1-9(2)11(15-4)8-16-12-7-5-6-10(3)13(12)14/h5-7,9,11,15H,8H2,1-4H3. The number of aryl methyl sites for hydroxylation is 1. The number of hydrogen-bond donors (Lipinski definition) is 1. The predicted molar refractivity (Wildman–Crippen MR) is 64.3 cm³/mol. The second-order valence-corrected chi connectivity index (χ2v) is 4.34. The van der Waals surface area contributed by atoms with Gasteiger partial charge >= 0.3 is 0 Å². The first-order chi connectivity index (χ1) is 7.56. The van der Waals surface area contributed by atoms with E-state index in [2.05, 4.69) is 19.2 Å². The lowest BCUT2D eigenvalue weighted by molar-refractivity contribution is 0.229. The lowest BCUT2D eigenvalue weighted by Crippen LogP contribution is -2.36. The van der Waals surface area contributed by atoms with Gasteiger partial charge in [0.05, 0.1) is 0 Å². The molecule has 0 fully saturated rings. The van der Waals surface area contributed by atoms with Crippen LogP contribution >= 0.6 is 0 Å². The number of halogens is 1. The normalized spacial score (nSPS) is 12.9. The van der Waals surface area contributed by atoms with E-state index in [1.54, 1.807) is 25.1 Å². The van der Waals surface area contributed by atoms with Crippen LogP contribution in [0.3, 0.4) is 0 Å². The van der Waals surface area contributed by atoms with Gasteiger partial charge in [-0.25, -0.2) is 4.39 Å². The minimum atomic E-state index is -0.263. The second kappa shape index (κ2) is 5.85. The van der Waals surface area contributed by atoms with Crippen LogP contribution in [0.1, 0.15) is 19.4 Å². The third-order valence-electron chi connectivity index (χ3n) is 2.75. The van der Waals surface area contributed by atoms with Crippen LogP contribution in [0.15, 0.2) is 18.2 Å². The van der Waals surface area contributed by atoms with E-state index in [0.717, 1.165) is 0 Å². The van der Waals surface area contributed by atoms with Gasteiger partial charge in [-0.3, -0.25) is 0 Å². The van der Waals surface area contributed by atoms with Gasteiger partial charge in [0.2, 0.25) is 0 Å². The highest BCUT2D eigenvalue weighted by Crippen LogP contribution is 2.20. The zero-order valence-corrected chi connectivity index (χ0v) is 10.4. The molecule has 0 amide bonds. The van der Waals surface area contributed by atoms with Crippen LogP contribution < -0.4 is 10.1 Å². The van der Waals surface area contributed by atoms with Crippen molar-refractivity contribution in [3.63, 3.8) is 0 Å². The SMILES string of the molecule is CNC(COc1cccc(C)c1F)C(C)C. The number of rotatable bonds is 5. The minimum absolute atomic E-state index is 0.236. The molecule has 1 aromatic rings. The van der Waals surface area contributed by atoms with E-state index >= 15 is 0 Å². The highest BCUT2D eigenvalue weighted by molar-refractivity contribution is 5.30. The molecular weight excluding hydrogens is 205 g/mol. The van der Waals surface area contributed by atoms with Gasteiger partial charge in [0, 0.05) is 6.04 Å². The van der Waals surface area contributed by atoms with Crippen molar-refractivity contribution in [1.29, 1.82) is 0 Å². The molecule has 1 unspecified atom stereocenters. The molecule has 0 aliphatic rings. The molecule has 0 heterocycles. The maximum Gasteiger partial charge on any atom is 0.167 e. The van der Waals surface area contributed by atoms with Gasteiger partial charge in [-0.1, -0.05) is 26.0 Å². The van der Waals surface area contributed by atoms with Crippen LogP contribution in [0.5, 0.6) is 5.75 Å². The summed E-state index contributed by atoms with van der Waals surface area (Å²) in [5, 5.41) is 3.16. The van der Waals surface area contributed by atoms with Crippen LogP contribution in [0, 0.1) is 18.7 Å². The number of ether oxygens (including phenoxy) is 1. The molecule has 0 aliphatic heterocycles. The number of nitrogens with one attached hydrogen (secondary N) is 1. The summed E-state index contributed by atoms with van der Waals surface area (Å²) in [6.07, 6.45) is 0. The van der Waals surface area contributed by atoms with E-state index in [4.69, 9.17) is 4.74 Å². The van der Waals surface area contributed by atoms with E-state index in [1.807, 2.05) is 7.05 Å². The number of hydrogen-bond acceptors (Lipinski definition) is 2. The van der Waals surface area contributed by atoms with Crippen LogP contribution in [0.4, 0.5) is 4.39 Å². The summed E-state index contributed by atoms with van der Waals surface area (Å²) < 4.78 is 19.1. The maximum absolute atomic E-state index is 13.6. The topological polar surface area (TPSA) is 21.3 Å². The van der Waals surface area contributed by atoms with Gasteiger partial charge in [-0.15, -0.1) is 0 Å². The second-order valence-electron chi connectivity index (χ2n) is 4.34. The Morgan fingerprint density at radius 1 is 1.38 bits per heavy atom. The van der Waals surface area contributed by atoms with E-state index in [1.165, 1.54) is 0 Å². The Bertz CT molecular complexity index is 339. The van der Waals surface area contributed by atoms with Gasteiger partial charge in [-0.05, 0) is 31.5 Å². The Kier molecular flexibility index (Phi) is 4.74. The smallest absolute Gasteiger partial charge is 0.167 e. The maximum atomic E-state index is 13.6.